The summed E-state index contributed by atoms with van der Waals surface area (Å²) >= 11 is 0.858. The molecule has 0 aliphatic rings. The van der Waals surface area contributed by atoms with Gasteiger partial charge < -0.3 is 53.8 Å². The second kappa shape index (κ2) is 27.9. The highest BCUT2D eigenvalue weighted by Crippen LogP contribution is 2.18. The Hall–Kier alpha value is -3.73. The Bertz CT molecular complexity index is 1150. The van der Waals surface area contributed by atoms with Crippen LogP contribution < -0.4 is 55.9 Å². The van der Waals surface area contributed by atoms with E-state index in [4.69, 9.17) is 34.6 Å². The maximum Gasteiger partial charge on any atom is 0.254 e. The predicted octanol–water partition coefficient (Wildman–Crippen LogP) is -4.42. The van der Waals surface area contributed by atoms with Crippen molar-refractivity contribution in [2.75, 3.05) is 38.5 Å². The fraction of sp³-hybridized carbons (Fsp3) is 0.742. The van der Waals surface area contributed by atoms with E-state index in [1.54, 1.807) is 0 Å². The second-order valence-corrected chi connectivity index (χ2v) is 13.2. The molecular weight excluding hydrogens is 700 g/mol. The molecule has 0 spiro atoms. The van der Waals surface area contributed by atoms with E-state index in [2.05, 4.69) is 21.3 Å². The number of nitrogens with zero attached hydrogens (tertiary/aromatic N) is 2. The van der Waals surface area contributed by atoms with Crippen molar-refractivity contribution in [1.29, 1.82) is 0 Å². The first-order valence-electron chi connectivity index (χ1n) is 17.4. The number of unbranched alkanes of at least 4 members (excludes halogenated alkanes) is 2. The molecule has 6 atom stereocenters. The van der Waals surface area contributed by atoms with E-state index in [0.717, 1.165) is 11.8 Å². The first kappa shape index (κ1) is 48.3. The van der Waals surface area contributed by atoms with Crippen LogP contribution in [-0.4, -0.2) is 132 Å². The lowest BCUT2D eigenvalue weighted by Crippen LogP contribution is -2.57. The second-order valence-electron chi connectivity index (χ2n) is 12.0. The van der Waals surface area contributed by atoms with Gasteiger partial charge in [-0.05, 0) is 58.2 Å². The maximum atomic E-state index is 13.1. The van der Waals surface area contributed by atoms with Crippen LogP contribution >= 0.6 is 11.8 Å². The smallest absolute Gasteiger partial charge is 0.254 e. The van der Waals surface area contributed by atoms with Crippen LogP contribution in [0.5, 0.6) is 0 Å². The highest BCUT2D eigenvalue weighted by molar-refractivity contribution is 8.00. The molecule has 0 bridgehead atoms. The average molecular weight is 761 g/mol. The van der Waals surface area contributed by atoms with Crippen LogP contribution in [0.4, 0.5) is 0 Å². The Morgan fingerprint density at radius 2 is 1.46 bits per heavy atom. The summed E-state index contributed by atoms with van der Waals surface area (Å²) in [5.41, 5.74) is 22.4. The summed E-state index contributed by atoms with van der Waals surface area (Å²) in [4.78, 5) is 99.3. The number of hydrogen-bond donors (Lipinski definition) is 10. The Balaban J connectivity index is 5.22. The highest BCUT2D eigenvalue weighted by Gasteiger charge is 2.32. The van der Waals surface area contributed by atoms with Gasteiger partial charge in [-0.3, -0.25) is 38.8 Å². The number of amides is 6. The molecule has 52 heavy (non-hydrogen) atoms. The molecule has 16 N–H and O–H groups in total. The third-order valence-electron chi connectivity index (χ3n) is 7.86. The molecule has 0 rings (SSSR count). The van der Waals surface area contributed by atoms with E-state index in [0.29, 0.717) is 74.3 Å². The number of carbonyl (C=O) groups excluding carboxylic acids is 8. The van der Waals surface area contributed by atoms with Gasteiger partial charge in [0.1, 0.15) is 30.7 Å². The van der Waals surface area contributed by atoms with Gasteiger partial charge in [0.15, 0.2) is 0 Å². The van der Waals surface area contributed by atoms with Crippen molar-refractivity contribution in [2.45, 2.75) is 107 Å². The first-order chi connectivity index (χ1) is 24.7. The van der Waals surface area contributed by atoms with Gasteiger partial charge in [-0.15, -0.1) is 11.8 Å². The van der Waals surface area contributed by atoms with Crippen LogP contribution in [0.2, 0.25) is 0 Å². The summed E-state index contributed by atoms with van der Waals surface area (Å²) in [6, 6.07) is -5.00. The van der Waals surface area contributed by atoms with E-state index in [9.17, 15) is 38.4 Å². The van der Waals surface area contributed by atoms with Gasteiger partial charge in [0.05, 0.1) is 23.9 Å². The van der Waals surface area contributed by atoms with Crippen molar-refractivity contribution in [3.8, 4) is 0 Å². The number of nitrogens with one attached hydrogen (secondary N) is 4. The van der Waals surface area contributed by atoms with Crippen LogP contribution in [-0.2, 0) is 38.4 Å². The van der Waals surface area contributed by atoms with Crippen LogP contribution in [0.15, 0.2) is 0 Å². The Morgan fingerprint density at radius 3 is 2.00 bits per heavy atom. The average Bonchev–Trinajstić information content (AvgIpc) is 3.11. The van der Waals surface area contributed by atoms with E-state index in [1.165, 1.54) is 0 Å². The minimum atomic E-state index is -1.33. The van der Waals surface area contributed by atoms with E-state index >= 15 is 0 Å². The quantitative estimate of drug-likeness (QED) is 0.0109. The molecular formula is C31H60N12O8S. The van der Waals surface area contributed by atoms with E-state index in [1.807, 2.05) is 13.8 Å². The van der Waals surface area contributed by atoms with Crippen molar-refractivity contribution in [3.63, 3.8) is 0 Å². The molecule has 20 nitrogen and oxygen atoms in total. The summed E-state index contributed by atoms with van der Waals surface area (Å²) < 4.78 is 0. The normalized spacial score (nSPS) is 14.4. The molecule has 0 fully saturated rings. The zero-order valence-electron chi connectivity index (χ0n) is 30.3. The first-order valence-corrected chi connectivity index (χ1v) is 18.5. The summed E-state index contributed by atoms with van der Waals surface area (Å²) in [6.45, 7) is 4.43. The maximum absolute atomic E-state index is 13.1. The van der Waals surface area contributed by atoms with Gasteiger partial charge in [-0.2, -0.15) is 0 Å². The van der Waals surface area contributed by atoms with Gasteiger partial charge in [-0.1, -0.05) is 20.3 Å². The topological polar surface area (TPSA) is 347 Å². The summed E-state index contributed by atoms with van der Waals surface area (Å²) in [6.07, 6.45) is 3.75. The molecule has 0 saturated heterocycles. The number of carbonyl (C=O) groups is 8. The lowest BCUT2D eigenvalue weighted by atomic mass is 10.1. The minimum absolute atomic E-state index is 0.211. The fourth-order valence-corrected chi connectivity index (χ4v) is 5.98. The lowest BCUT2D eigenvalue weighted by molar-refractivity contribution is -0.140. The van der Waals surface area contributed by atoms with Crippen LogP contribution in [0.25, 0.3) is 0 Å². The number of hydrazine groups is 2. The van der Waals surface area contributed by atoms with Gasteiger partial charge >= 0.3 is 0 Å². The molecule has 6 amide bonds. The van der Waals surface area contributed by atoms with Gasteiger partial charge in [0, 0.05) is 25.1 Å². The third kappa shape index (κ3) is 18.7. The summed E-state index contributed by atoms with van der Waals surface area (Å²) in [7, 11) is 0. The van der Waals surface area contributed by atoms with Crippen molar-refractivity contribution in [1.82, 2.24) is 31.3 Å². The molecule has 0 aliphatic carbocycles. The lowest BCUT2D eigenvalue weighted by Gasteiger charge is -2.28. The minimum Gasteiger partial charge on any atom is -0.368 e. The van der Waals surface area contributed by atoms with Gasteiger partial charge in [-0.25, -0.2) is 11.7 Å². The number of rotatable bonds is 30. The number of likely N-dealkylation sites (N-methyl/N-ethyl adjacent to an activating group) is 1. The largest absolute Gasteiger partial charge is 0.368 e. The molecule has 0 heterocycles. The van der Waals surface area contributed by atoms with Gasteiger partial charge in [0.2, 0.25) is 29.5 Å². The number of nitrogens with two attached hydrogens (primary N) is 6. The zero-order chi connectivity index (χ0) is 39.6. The fourth-order valence-electron chi connectivity index (χ4n) is 4.79. The Labute approximate surface area is 309 Å². The van der Waals surface area contributed by atoms with Crippen molar-refractivity contribution in [2.24, 2.45) is 34.6 Å². The number of aldehydes is 2. The molecule has 21 heteroatoms. The molecule has 0 saturated carbocycles. The van der Waals surface area contributed by atoms with Crippen LogP contribution in [0, 0.1) is 0 Å². The zero-order valence-corrected chi connectivity index (χ0v) is 31.1. The predicted molar refractivity (Wildman–Crippen MR) is 196 cm³/mol. The summed E-state index contributed by atoms with van der Waals surface area (Å²) in [5, 5.41) is 11.1. The molecule has 5 unspecified atom stereocenters. The summed E-state index contributed by atoms with van der Waals surface area (Å²) in [5.74, 6) is 7.53. The molecule has 0 aromatic carbocycles. The number of hydrogen-bond acceptors (Lipinski definition) is 15. The van der Waals surface area contributed by atoms with Crippen molar-refractivity contribution >= 4 is 59.8 Å². The standard InChI is InChI=1S/C31H60N12O8S/c1-3-22(38-4-2)28(48)41-23(10-6-8-14-33)29(49)40-20(18-45)17-42(36)26(46)11-15-39-30(50)25(12-16-44)52-19-24(27(35)47)43(37)31(51)21(34)9-5-7-13-32/h16,18,20-25,38H,3-15,17,19,32-34,36-37H2,1-2H3,(H2,35,47)(H,39,50)(H,40,49)(H,41,48)/t20?,21-,22?,23?,24?,25?/m0/s1. The Morgan fingerprint density at radius 1 is 0.846 bits per heavy atom. The molecule has 0 radical (unpaired) electrons. The number of thioether (sulfide) groups is 1. The Kier molecular flexibility index (Phi) is 25.9. The van der Waals surface area contributed by atoms with Crippen LogP contribution in [0.1, 0.15) is 71.6 Å². The van der Waals surface area contributed by atoms with Crippen LogP contribution in [0.3, 0.4) is 0 Å². The third-order valence-corrected chi connectivity index (χ3v) is 9.18. The highest BCUT2D eigenvalue weighted by atomic mass is 32.2. The van der Waals surface area contributed by atoms with E-state index < -0.39 is 71.5 Å². The molecule has 298 valence electrons. The van der Waals surface area contributed by atoms with Crippen molar-refractivity contribution in [3.05, 3.63) is 0 Å². The molecule has 0 aliphatic heterocycles. The SMILES string of the molecule is CCNC(CC)C(=O)NC(CCCCN)C(=O)NC(C=O)CN(N)C(=O)CCNC(=O)C(CC=O)SCC(C(N)=O)N(N)C(=O)[C@@H](N)CCCCN. The molecule has 0 aromatic rings. The molecule has 0 aromatic heterocycles. The van der Waals surface area contributed by atoms with E-state index in [-0.39, 0.29) is 43.9 Å². The monoisotopic (exact) mass is 760 g/mol. The van der Waals surface area contributed by atoms with Crippen molar-refractivity contribution < 1.29 is 38.4 Å². The number of primary amides is 1. The van der Waals surface area contributed by atoms with Gasteiger partial charge in [0.25, 0.3) is 5.91 Å².